The van der Waals surface area contributed by atoms with Gasteiger partial charge in [0.15, 0.2) is 0 Å². The van der Waals surface area contributed by atoms with Crippen molar-refractivity contribution in [1.82, 2.24) is 9.97 Å². The first-order chi connectivity index (χ1) is 7.74. The topological polar surface area (TPSA) is 79.5 Å². The van der Waals surface area contributed by atoms with Crippen LogP contribution in [0.5, 0.6) is 5.88 Å². The number of methoxy groups -OCH3 is 1. The molecule has 1 aromatic heterocycles. The third kappa shape index (κ3) is 4.73. The van der Waals surface area contributed by atoms with E-state index >= 15 is 0 Å². The average molecular weight is 292 g/mol. The van der Waals surface area contributed by atoms with E-state index in [9.17, 15) is 0 Å². The minimum Gasteiger partial charge on any atom is -0.474 e. The number of rotatable bonds is 7. The second-order valence-electron chi connectivity index (χ2n) is 2.83. The maximum absolute atomic E-state index is 5.43. The fourth-order valence-electron chi connectivity index (χ4n) is 0.907. The summed E-state index contributed by atoms with van der Waals surface area (Å²) in [5.74, 6) is 0.598. The van der Waals surface area contributed by atoms with Crippen LogP contribution < -0.4 is 10.5 Å². The average Bonchev–Trinajstić information content (AvgIpc) is 2.28. The number of ether oxygens (including phenoxy) is 3. The summed E-state index contributed by atoms with van der Waals surface area (Å²) >= 11 is 3.26. The van der Waals surface area contributed by atoms with Gasteiger partial charge in [-0.05, 0) is 15.9 Å². The van der Waals surface area contributed by atoms with Crippen molar-refractivity contribution >= 4 is 21.9 Å². The van der Waals surface area contributed by atoms with Crippen molar-refractivity contribution in [2.75, 3.05) is 39.3 Å². The van der Waals surface area contributed by atoms with Gasteiger partial charge in [-0.2, -0.15) is 4.98 Å². The molecule has 16 heavy (non-hydrogen) atoms. The third-order valence-electron chi connectivity index (χ3n) is 1.63. The Labute approximate surface area is 102 Å². The lowest BCUT2D eigenvalue weighted by Crippen LogP contribution is -2.11. The molecule has 2 N–H and O–H groups in total. The van der Waals surface area contributed by atoms with Crippen LogP contribution in [0, 0.1) is 0 Å². The van der Waals surface area contributed by atoms with E-state index in [1.807, 2.05) is 0 Å². The Hall–Kier alpha value is -0.920. The molecule has 7 heteroatoms. The molecule has 0 bridgehead atoms. The Kier molecular flexibility index (Phi) is 6.05. The number of halogens is 1. The molecule has 90 valence electrons. The van der Waals surface area contributed by atoms with Gasteiger partial charge in [-0.15, -0.1) is 0 Å². The summed E-state index contributed by atoms with van der Waals surface area (Å²) < 4.78 is 16.1. The van der Waals surface area contributed by atoms with Crippen LogP contribution in [-0.4, -0.2) is 43.5 Å². The SMILES string of the molecule is COCCOCCOc1nc(N)ncc1Br. The molecule has 0 spiro atoms. The van der Waals surface area contributed by atoms with Gasteiger partial charge in [0.25, 0.3) is 0 Å². The predicted molar refractivity (Wildman–Crippen MR) is 62.3 cm³/mol. The fraction of sp³-hybridized carbons (Fsp3) is 0.556. The molecule has 0 aliphatic rings. The molecule has 0 unspecified atom stereocenters. The third-order valence-corrected chi connectivity index (χ3v) is 2.17. The molecular weight excluding hydrogens is 278 g/mol. The molecule has 0 radical (unpaired) electrons. The fourth-order valence-corrected chi connectivity index (χ4v) is 1.21. The van der Waals surface area contributed by atoms with Crippen molar-refractivity contribution in [3.05, 3.63) is 10.7 Å². The van der Waals surface area contributed by atoms with E-state index in [2.05, 4.69) is 25.9 Å². The normalized spacial score (nSPS) is 10.4. The van der Waals surface area contributed by atoms with Gasteiger partial charge in [0.1, 0.15) is 6.61 Å². The van der Waals surface area contributed by atoms with Gasteiger partial charge in [0, 0.05) is 7.11 Å². The summed E-state index contributed by atoms with van der Waals surface area (Å²) in [6.07, 6.45) is 1.55. The maximum Gasteiger partial charge on any atom is 0.232 e. The first-order valence-corrected chi connectivity index (χ1v) is 5.51. The number of nitrogen functional groups attached to an aromatic ring is 1. The van der Waals surface area contributed by atoms with E-state index in [-0.39, 0.29) is 5.95 Å². The van der Waals surface area contributed by atoms with Crippen molar-refractivity contribution in [2.24, 2.45) is 0 Å². The molecule has 0 aliphatic heterocycles. The van der Waals surface area contributed by atoms with Crippen LogP contribution in [-0.2, 0) is 9.47 Å². The van der Waals surface area contributed by atoms with Gasteiger partial charge in [0.2, 0.25) is 11.8 Å². The van der Waals surface area contributed by atoms with Crippen LogP contribution in [0.1, 0.15) is 0 Å². The molecule has 1 heterocycles. The lowest BCUT2D eigenvalue weighted by molar-refractivity contribution is 0.0535. The van der Waals surface area contributed by atoms with E-state index in [1.165, 1.54) is 0 Å². The standard InChI is InChI=1S/C9H14BrN3O3/c1-14-2-3-15-4-5-16-8-7(10)6-12-9(11)13-8/h6H,2-5H2,1H3,(H2,11,12,13). The second kappa shape index (κ2) is 7.37. The molecule has 0 aliphatic carbocycles. The Bertz CT molecular complexity index is 325. The molecule has 6 nitrogen and oxygen atoms in total. The van der Waals surface area contributed by atoms with Crippen molar-refractivity contribution < 1.29 is 14.2 Å². The minimum absolute atomic E-state index is 0.179. The van der Waals surface area contributed by atoms with Crippen LogP contribution in [0.3, 0.4) is 0 Å². The molecular formula is C9H14BrN3O3. The number of hydrogen-bond donors (Lipinski definition) is 1. The zero-order valence-electron chi connectivity index (χ0n) is 8.98. The second-order valence-corrected chi connectivity index (χ2v) is 3.69. The smallest absolute Gasteiger partial charge is 0.232 e. The molecule has 0 saturated heterocycles. The van der Waals surface area contributed by atoms with Crippen LogP contribution >= 0.6 is 15.9 Å². The van der Waals surface area contributed by atoms with Crippen molar-refractivity contribution in [1.29, 1.82) is 0 Å². The molecule has 1 aromatic rings. The highest BCUT2D eigenvalue weighted by Crippen LogP contribution is 2.21. The van der Waals surface area contributed by atoms with Crippen LogP contribution in [0.15, 0.2) is 10.7 Å². The molecule has 1 rings (SSSR count). The maximum atomic E-state index is 5.43. The lowest BCUT2D eigenvalue weighted by Gasteiger charge is -2.07. The summed E-state index contributed by atoms with van der Waals surface area (Å²) in [7, 11) is 1.63. The van der Waals surface area contributed by atoms with Gasteiger partial charge < -0.3 is 19.9 Å². The van der Waals surface area contributed by atoms with Gasteiger partial charge in [0.05, 0.1) is 30.5 Å². The van der Waals surface area contributed by atoms with Gasteiger partial charge in [-0.25, -0.2) is 4.98 Å². The summed E-state index contributed by atoms with van der Waals surface area (Å²) in [6.45, 7) is 2.00. The Morgan fingerprint density at radius 1 is 1.31 bits per heavy atom. The first kappa shape index (κ1) is 13.1. The van der Waals surface area contributed by atoms with Gasteiger partial charge in [-0.1, -0.05) is 0 Å². The minimum atomic E-state index is 0.179. The first-order valence-electron chi connectivity index (χ1n) is 4.71. The quantitative estimate of drug-likeness (QED) is 0.751. The Balaban J connectivity index is 2.23. The summed E-state index contributed by atoms with van der Waals surface area (Å²) in [4.78, 5) is 7.72. The zero-order valence-corrected chi connectivity index (χ0v) is 10.6. The molecule has 0 fully saturated rings. The highest BCUT2D eigenvalue weighted by molar-refractivity contribution is 9.10. The number of nitrogens with zero attached hydrogens (tertiary/aromatic N) is 2. The number of anilines is 1. The Morgan fingerprint density at radius 3 is 2.81 bits per heavy atom. The van der Waals surface area contributed by atoms with E-state index < -0.39 is 0 Å². The van der Waals surface area contributed by atoms with E-state index in [1.54, 1.807) is 13.3 Å². The van der Waals surface area contributed by atoms with E-state index in [0.717, 1.165) is 0 Å². The summed E-state index contributed by atoms with van der Waals surface area (Å²) in [5.41, 5.74) is 5.43. The van der Waals surface area contributed by atoms with Crippen LogP contribution in [0.4, 0.5) is 5.95 Å². The summed E-state index contributed by atoms with van der Waals surface area (Å²) in [5, 5.41) is 0. The molecule has 0 atom stereocenters. The highest BCUT2D eigenvalue weighted by atomic mass is 79.9. The Morgan fingerprint density at radius 2 is 2.06 bits per heavy atom. The number of nitrogens with two attached hydrogens (primary N) is 1. The largest absolute Gasteiger partial charge is 0.474 e. The van der Waals surface area contributed by atoms with E-state index in [4.69, 9.17) is 19.9 Å². The zero-order chi connectivity index (χ0) is 11.8. The molecule has 0 amide bonds. The predicted octanol–water partition coefficient (Wildman–Crippen LogP) is 0.863. The monoisotopic (exact) mass is 291 g/mol. The summed E-state index contributed by atoms with van der Waals surface area (Å²) in [6, 6.07) is 0. The number of aromatic nitrogens is 2. The van der Waals surface area contributed by atoms with Crippen LogP contribution in [0.25, 0.3) is 0 Å². The van der Waals surface area contributed by atoms with Gasteiger partial charge in [-0.3, -0.25) is 0 Å². The number of hydrogen-bond acceptors (Lipinski definition) is 6. The lowest BCUT2D eigenvalue weighted by atomic mass is 10.6. The highest BCUT2D eigenvalue weighted by Gasteiger charge is 2.03. The van der Waals surface area contributed by atoms with Crippen molar-refractivity contribution in [3.63, 3.8) is 0 Å². The van der Waals surface area contributed by atoms with Crippen LogP contribution in [0.2, 0.25) is 0 Å². The van der Waals surface area contributed by atoms with Crippen molar-refractivity contribution in [3.8, 4) is 5.88 Å². The van der Waals surface area contributed by atoms with E-state index in [0.29, 0.717) is 36.8 Å². The molecule has 0 aromatic carbocycles. The molecule has 0 saturated carbocycles. The van der Waals surface area contributed by atoms with Gasteiger partial charge >= 0.3 is 0 Å². The van der Waals surface area contributed by atoms with Crippen molar-refractivity contribution in [2.45, 2.75) is 0 Å².